The second-order valence-electron chi connectivity index (χ2n) is 7.79. The topological polar surface area (TPSA) is 85.7 Å². The van der Waals surface area contributed by atoms with E-state index in [0.29, 0.717) is 18.1 Å². The molecule has 4 rings (SSSR count). The summed E-state index contributed by atoms with van der Waals surface area (Å²) in [4.78, 5) is 23.8. The molecule has 0 radical (unpaired) electrons. The highest BCUT2D eigenvalue weighted by Crippen LogP contribution is 2.34. The van der Waals surface area contributed by atoms with Gasteiger partial charge in [-0.25, -0.2) is 19.9 Å². The molecular weight excluding hydrogens is 432 g/mol. The van der Waals surface area contributed by atoms with Crippen LogP contribution >= 0.6 is 11.3 Å². The molecule has 0 aliphatic rings. The van der Waals surface area contributed by atoms with E-state index in [9.17, 15) is 0 Å². The first kappa shape index (κ1) is 22.8. The lowest BCUT2D eigenvalue weighted by molar-refractivity contribution is 0.315. The summed E-state index contributed by atoms with van der Waals surface area (Å²) < 4.78 is 5.91. The molecule has 1 aromatic carbocycles. The summed E-state index contributed by atoms with van der Waals surface area (Å²) in [7, 11) is 0. The molecule has 0 saturated heterocycles. The van der Waals surface area contributed by atoms with Gasteiger partial charge in [0.05, 0.1) is 29.1 Å². The number of nitrogens with zero attached hydrogens (tertiary/aromatic N) is 5. The lowest BCUT2D eigenvalue weighted by Gasteiger charge is -2.14. The number of hydrogen-bond acceptors (Lipinski definition) is 8. The van der Waals surface area contributed by atoms with Crippen LogP contribution in [0.1, 0.15) is 37.8 Å². The first-order valence-electron chi connectivity index (χ1n) is 11.2. The summed E-state index contributed by atoms with van der Waals surface area (Å²) >= 11 is 1.58. The molecule has 170 valence electrons. The average molecular weight is 461 g/mol. The second kappa shape index (κ2) is 10.5. The summed E-state index contributed by atoms with van der Waals surface area (Å²) in [6.07, 6.45) is 8.85. The van der Waals surface area contributed by atoms with E-state index in [1.165, 1.54) is 0 Å². The van der Waals surface area contributed by atoms with Gasteiger partial charge in [0.1, 0.15) is 11.4 Å². The van der Waals surface area contributed by atoms with Crippen LogP contribution in [0.3, 0.4) is 0 Å². The van der Waals surface area contributed by atoms with Crippen LogP contribution in [0.15, 0.2) is 43.0 Å². The van der Waals surface area contributed by atoms with Crippen LogP contribution < -0.4 is 10.1 Å². The van der Waals surface area contributed by atoms with Crippen LogP contribution in [0.4, 0.5) is 5.13 Å². The fourth-order valence-corrected chi connectivity index (χ4v) is 4.18. The first-order valence-corrected chi connectivity index (χ1v) is 12.0. The fourth-order valence-electron chi connectivity index (χ4n) is 3.38. The maximum absolute atomic E-state index is 5.91. The van der Waals surface area contributed by atoms with Gasteiger partial charge in [0.2, 0.25) is 0 Å². The number of rotatable bonds is 9. The van der Waals surface area contributed by atoms with Crippen molar-refractivity contribution in [1.82, 2.24) is 24.9 Å². The van der Waals surface area contributed by atoms with Crippen molar-refractivity contribution >= 4 is 16.5 Å². The van der Waals surface area contributed by atoms with Gasteiger partial charge in [-0.1, -0.05) is 25.2 Å². The largest absolute Gasteiger partial charge is 0.493 e. The van der Waals surface area contributed by atoms with Crippen molar-refractivity contribution in [2.75, 3.05) is 18.5 Å². The monoisotopic (exact) mass is 460 g/mol. The summed E-state index contributed by atoms with van der Waals surface area (Å²) in [5, 5.41) is 4.23. The van der Waals surface area contributed by atoms with E-state index in [1.807, 2.05) is 12.3 Å². The van der Waals surface area contributed by atoms with E-state index >= 15 is 0 Å². The summed E-state index contributed by atoms with van der Waals surface area (Å²) in [5.41, 5.74) is 5.49. The Morgan fingerprint density at radius 2 is 1.73 bits per heavy atom. The van der Waals surface area contributed by atoms with E-state index in [4.69, 9.17) is 14.7 Å². The number of ether oxygens (including phenoxy) is 1. The number of anilines is 1. The van der Waals surface area contributed by atoms with E-state index in [2.05, 4.69) is 60.1 Å². The van der Waals surface area contributed by atoms with Crippen molar-refractivity contribution in [3.8, 4) is 39.1 Å². The zero-order valence-corrected chi connectivity index (χ0v) is 20.2. The third kappa shape index (κ3) is 5.34. The van der Waals surface area contributed by atoms with Gasteiger partial charge in [0.15, 0.2) is 11.0 Å². The van der Waals surface area contributed by atoms with Crippen molar-refractivity contribution < 1.29 is 4.74 Å². The molecule has 0 amide bonds. The molecule has 0 aliphatic heterocycles. The van der Waals surface area contributed by atoms with Crippen molar-refractivity contribution in [1.29, 1.82) is 0 Å². The Balaban J connectivity index is 1.80. The van der Waals surface area contributed by atoms with Gasteiger partial charge in [0.25, 0.3) is 0 Å². The third-order valence-electron chi connectivity index (χ3n) is 5.06. The third-order valence-corrected chi connectivity index (χ3v) is 6.04. The predicted octanol–water partition coefficient (Wildman–Crippen LogP) is 5.95. The Morgan fingerprint density at radius 3 is 2.48 bits per heavy atom. The standard InChI is InChI=1S/C25H28N6OS/c1-5-7-28-25-29-15-23(33-25)20-13-19(30-24(31-20)21-14-26-8-9-27-21)18-11-17(4)22(12-16(18)3)32-10-6-2/h8-9,11-15H,5-7,10H2,1-4H3,(H,28,29). The van der Waals surface area contributed by atoms with Crippen LogP contribution in [0.2, 0.25) is 0 Å². The Morgan fingerprint density at radius 1 is 0.879 bits per heavy atom. The van der Waals surface area contributed by atoms with E-state index in [1.54, 1.807) is 29.9 Å². The van der Waals surface area contributed by atoms with Crippen LogP contribution in [-0.2, 0) is 0 Å². The molecule has 0 bridgehead atoms. The van der Waals surface area contributed by atoms with Crippen LogP contribution in [0.5, 0.6) is 5.75 Å². The maximum atomic E-state index is 5.91. The van der Waals surface area contributed by atoms with Gasteiger partial charge in [-0.2, -0.15) is 0 Å². The normalized spacial score (nSPS) is 10.9. The van der Waals surface area contributed by atoms with Gasteiger partial charge < -0.3 is 10.1 Å². The summed E-state index contributed by atoms with van der Waals surface area (Å²) in [6, 6.07) is 6.24. The number of thiazole rings is 1. The minimum atomic E-state index is 0.537. The van der Waals surface area contributed by atoms with Crippen molar-refractivity contribution in [2.45, 2.75) is 40.5 Å². The van der Waals surface area contributed by atoms with Gasteiger partial charge in [0, 0.05) is 30.7 Å². The fraction of sp³-hybridized carbons (Fsp3) is 0.320. The molecule has 0 atom stereocenters. The highest BCUT2D eigenvalue weighted by atomic mass is 32.1. The smallest absolute Gasteiger partial charge is 0.183 e. The minimum absolute atomic E-state index is 0.537. The summed E-state index contributed by atoms with van der Waals surface area (Å²) in [5.74, 6) is 1.45. The van der Waals surface area contributed by atoms with Crippen LogP contribution in [-0.4, -0.2) is 38.1 Å². The van der Waals surface area contributed by atoms with Gasteiger partial charge in [-0.15, -0.1) is 0 Å². The van der Waals surface area contributed by atoms with E-state index in [0.717, 1.165) is 63.2 Å². The second-order valence-corrected chi connectivity index (χ2v) is 8.82. The Labute approximate surface area is 198 Å². The van der Waals surface area contributed by atoms with Crippen molar-refractivity contribution in [3.63, 3.8) is 0 Å². The molecule has 8 heteroatoms. The lowest BCUT2D eigenvalue weighted by Crippen LogP contribution is -2.00. The number of aromatic nitrogens is 5. The quantitative estimate of drug-likeness (QED) is 0.330. The van der Waals surface area contributed by atoms with E-state index in [-0.39, 0.29) is 0 Å². The molecule has 3 aromatic heterocycles. The SMILES string of the molecule is CCCNc1ncc(-c2cc(-c3cc(C)c(OCCC)cc3C)nc(-c3cnccn3)n2)s1. The molecule has 0 saturated carbocycles. The number of benzene rings is 1. The van der Waals surface area contributed by atoms with Crippen molar-refractivity contribution in [3.05, 3.63) is 54.1 Å². The van der Waals surface area contributed by atoms with E-state index < -0.39 is 0 Å². The van der Waals surface area contributed by atoms with Gasteiger partial charge in [-0.05, 0) is 56.0 Å². The zero-order valence-electron chi connectivity index (χ0n) is 19.4. The zero-order chi connectivity index (χ0) is 23.2. The van der Waals surface area contributed by atoms with Crippen LogP contribution in [0, 0.1) is 13.8 Å². The Hall–Kier alpha value is -3.39. The minimum Gasteiger partial charge on any atom is -0.493 e. The molecule has 0 aliphatic carbocycles. The Bertz CT molecular complexity index is 1230. The maximum Gasteiger partial charge on any atom is 0.183 e. The molecule has 0 spiro atoms. The number of nitrogens with one attached hydrogen (secondary N) is 1. The summed E-state index contributed by atoms with van der Waals surface area (Å²) in [6.45, 7) is 9.97. The van der Waals surface area contributed by atoms with Gasteiger partial charge >= 0.3 is 0 Å². The highest BCUT2D eigenvalue weighted by molar-refractivity contribution is 7.18. The lowest BCUT2D eigenvalue weighted by atomic mass is 10.0. The number of hydrogen-bond donors (Lipinski definition) is 1. The number of aryl methyl sites for hydroxylation is 2. The molecule has 4 aromatic rings. The molecular formula is C25H28N6OS. The Kier molecular flexibility index (Phi) is 7.24. The highest BCUT2D eigenvalue weighted by Gasteiger charge is 2.16. The predicted molar refractivity (Wildman–Crippen MR) is 134 cm³/mol. The molecule has 33 heavy (non-hydrogen) atoms. The molecule has 7 nitrogen and oxygen atoms in total. The van der Waals surface area contributed by atoms with Crippen LogP contribution in [0.25, 0.3) is 33.3 Å². The molecule has 0 unspecified atom stereocenters. The average Bonchev–Trinajstić information content (AvgIpc) is 3.32. The van der Waals surface area contributed by atoms with Crippen molar-refractivity contribution in [2.24, 2.45) is 0 Å². The molecule has 0 fully saturated rings. The molecule has 1 N–H and O–H groups in total. The molecule has 3 heterocycles. The van der Waals surface area contributed by atoms with Gasteiger partial charge in [-0.3, -0.25) is 4.98 Å². The first-order chi connectivity index (χ1) is 16.1.